The maximum absolute atomic E-state index is 13.5. The van der Waals surface area contributed by atoms with Gasteiger partial charge in [0.25, 0.3) is 0 Å². The molecule has 0 aromatic heterocycles. The van der Waals surface area contributed by atoms with Crippen LogP contribution in [0.3, 0.4) is 0 Å². The molecule has 2 aromatic carbocycles. The molecular formula is C27H32O13. The molecule has 2 heterocycles. The van der Waals surface area contributed by atoms with E-state index in [-0.39, 0.29) is 40.2 Å². The third-order valence-corrected chi connectivity index (χ3v) is 7.89. The predicted octanol–water partition coefficient (Wildman–Crippen LogP) is -2.04. The summed E-state index contributed by atoms with van der Waals surface area (Å²) in [6.07, 6.45) is -14.2. The Labute approximate surface area is 228 Å². The molecule has 2 saturated heterocycles. The number of phenolic OH excluding ortho intramolecular Hbond substituents is 2. The molecule has 5 rings (SSSR count). The number of carbonyl (C=O) groups excluding carboxylic acids is 1. The van der Waals surface area contributed by atoms with E-state index in [1.807, 2.05) is 0 Å². The lowest BCUT2D eigenvalue weighted by Gasteiger charge is -2.45. The fourth-order valence-electron chi connectivity index (χ4n) is 5.73. The summed E-state index contributed by atoms with van der Waals surface area (Å²) in [4.78, 5) is 13.5. The van der Waals surface area contributed by atoms with Gasteiger partial charge in [-0.3, -0.25) is 4.79 Å². The third kappa shape index (κ3) is 4.67. The molecule has 3 aliphatic rings. The number of rotatable bonds is 5. The lowest BCUT2D eigenvalue weighted by atomic mass is 9.71. The number of carbonyl (C=O) groups is 1. The Bertz CT molecular complexity index is 1270. The fourth-order valence-corrected chi connectivity index (χ4v) is 5.73. The second kappa shape index (κ2) is 10.9. The van der Waals surface area contributed by atoms with Gasteiger partial charge in [-0.2, -0.15) is 0 Å². The van der Waals surface area contributed by atoms with Crippen molar-refractivity contribution in [2.75, 3.05) is 6.61 Å². The van der Waals surface area contributed by atoms with Gasteiger partial charge in [-0.25, -0.2) is 0 Å². The van der Waals surface area contributed by atoms with Gasteiger partial charge in [0.15, 0.2) is 6.29 Å². The van der Waals surface area contributed by atoms with Crippen LogP contribution in [0.15, 0.2) is 30.3 Å². The largest absolute Gasteiger partial charge is 0.507 e. The van der Waals surface area contributed by atoms with Crippen LogP contribution in [0.25, 0.3) is 0 Å². The maximum Gasteiger partial charge on any atom is 0.201 e. The Hall–Kier alpha value is -2.69. The second-order valence-electron chi connectivity index (χ2n) is 10.4. The van der Waals surface area contributed by atoms with Crippen molar-refractivity contribution in [3.05, 3.63) is 58.1 Å². The maximum atomic E-state index is 13.5. The molecule has 0 spiro atoms. The zero-order valence-corrected chi connectivity index (χ0v) is 21.3. The van der Waals surface area contributed by atoms with Crippen molar-refractivity contribution in [3.8, 4) is 11.5 Å². The number of hydrogen-bond donors (Lipinski definition) is 9. The molecule has 2 fully saturated rings. The summed E-state index contributed by atoms with van der Waals surface area (Å²) in [6, 6.07) is 6.99. The quantitative estimate of drug-likeness (QED) is 0.191. The number of hydrogen-bond acceptors (Lipinski definition) is 13. The number of phenols is 2. The highest BCUT2D eigenvalue weighted by atomic mass is 16.7. The van der Waals surface area contributed by atoms with Crippen LogP contribution in [0, 0.1) is 0 Å². The van der Waals surface area contributed by atoms with Crippen LogP contribution in [0.2, 0.25) is 0 Å². The van der Waals surface area contributed by atoms with Crippen molar-refractivity contribution in [1.82, 2.24) is 0 Å². The monoisotopic (exact) mass is 564 g/mol. The molecule has 1 aliphatic carbocycles. The van der Waals surface area contributed by atoms with Gasteiger partial charge in [0.05, 0.1) is 36.5 Å². The minimum Gasteiger partial charge on any atom is -0.507 e. The molecule has 13 heteroatoms. The van der Waals surface area contributed by atoms with Crippen LogP contribution in [0.4, 0.5) is 0 Å². The molecule has 0 saturated carbocycles. The number of aliphatic hydroxyl groups is 7. The molecule has 0 radical (unpaired) electrons. The number of benzene rings is 2. The Morgan fingerprint density at radius 3 is 2.17 bits per heavy atom. The van der Waals surface area contributed by atoms with E-state index in [4.69, 9.17) is 14.2 Å². The molecule has 2 aromatic rings. The van der Waals surface area contributed by atoms with Crippen molar-refractivity contribution in [2.45, 2.75) is 80.7 Å². The smallest absolute Gasteiger partial charge is 0.201 e. The van der Waals surface area contributed by atoms with E-state index >= 15 is 0 Å². The highest BCUT2D eigenvalue weighted by Gasteiger charge is 2.50. The molecule has 0 bridgehead atoms. The first kappa shape index (κ1) is 28.8. The zero-order valence-electron chi connectivity index (χ0n) is 21.3. The molecule has 218 valence electrons. The standard InChI is InChI=1S/C27H32O13/c1-9-19(31)22(34)25(37)27(39-9)38-8-10-5-12-16(26-24(36)23(35)20(32)15(7-28)40-26)11-3-2-4-13(29)17(11)21(33)18(12)14(30)6-10/h2-6,9,15-16,19-20,22-32,34-37H,7-8H2,1H3/t9-,15+,16+,19-,20+,22+,23-,24+,25+,26?,27+/m0/s1. The summed E-state index contributed by atoms with van der Waals surface area (Å²) in [6.45, 7) is 0.514. The average Bonchev–Trinajstić information content (AvgIpc) is 2.92. The molecule has 13 nitrogen and oxygen atoms in total. The van der Waals surface area contributed by atoms with Gasteiger partial charge in [0.1, 0.15) is 54.2 Å². The fraction of sp³-hybridized carbons (Fsp3) is 0.519. The van der Waals surface area contributed by atoms with Crippen molar-refractivity contribution in [3.63, 3.8) is 0 Å². The van der Waals surface area contributed by atoms with Crippen LogP contribution in [-0.2, 0) is 20.8 Å². The number of ether oxygens (including phenoxy) is 3. The van der Waals surface area contributed by atoms with Crippen LogP contribution in [0.5, 0.6) is 11.5 Å². The summed E-state index contributed by atoms with van der Waals surface area (Å²) in [7, 11) is 0. The van der Waals surface area contributed by atoms with Crippen molar-refractivity contribution >= 4 is 5.78 Å². The molecule has 1 unspecified atom stereocenters. The summed E-state index contributed by atoms with van der Waals surface area (Å²) in [5.41, 5.74) is 0.319. The molecule has 2 aliphatic heterocycles. The molecule has 0 amide bonds. The van der Waals surface area contributed by atoms with Crippen LogP contribution in [0.1, 0.15) is 45.5 Å². The van der Waals surface area contributed by atoms with Gasteiger partial charge in [0, 0.05) is 5.92 Å². The molecule has 40 heavy (non-hydrogen) atoms. The lowest BCUT2D eigenvalue weighted by molar-refractivity contribution is -0.296. The van der Waals surface area contributed by atoms with Gasteiger partial charge in [-0.15, -0.1) is 0 Å². The average molecular weight is 565 g/mol. The lowest BCUT2D eigenvalue weighted by Crippen LogP contribution is -2.60. The van der Waals surface area contributed by atoms with Gasteiger partial charge >= 0.3 is 0 Å². The number of ketones is 1. The highest BCUT2D eigenvalue weighted by Crippen LogP contribution is 2.47. The van der Waals surface area contributed by atoms with Gasteiger partial charge in [0.2, 0.25) is 5.78 Å². The summed E-state index contributed by atoms with van der Waals surface area (Å²) in [5.74, 6) is -2.64. The minimum atomic E-state index is -1.72. The highest BCUT2D eigenvalue weighted by molar-refractivity contribution is 6.16. The SMILES string of the molecule is C[C@@H]1O[C@@H](OCc2cc(O)c3c(c2)[C@H](C2O[C@H](CO)[C@@H](O)[C@H](O)[C@H]2O)c2cccc(O)c2C3=O)[C@H](O)[C@H](O)[C@H]1O. The summed E-state index contributed by atoms with van der Waals surface area (Å²) in [5, 5.41) is 93.2. The van der Waals surface area contributed by atoms with Crippen LogP contribution >= 0.6 is 0 Å². The van der Waals surface area contributed by atoms with Crippen molar-refractivity contribution in [1.29, 1.82) is 0 Å². The first-order valence-corrected chi connectivity index (χ1v) is 12.8. The van der Waals surface area contributed by atoms with Crippen LogP contribution < -0.4 is 0 Å². The molecule has 11 atom stereocenters. The Kier molecular flexibility index (Phi) is 7.89. The molecular weight excluding hydrogens is 532 g/mol. The van der Waals surface area contributed by atoms with Crippen molar-refractivity contribution in [2.24, 2.45) is 0 Å². The predicted molar refractivity (Wildman–Crippen MR) is 132 cm³/mol. The van der Waals surface area contributed by atoms with E-state index in [1.54, 1.807) is 0 Å². The third-order valence-electron chi connectivity index (χ3n) is 7.89. The Balaban J connectivity index is 1.55. The van der Waals surface area contributed by atoms with Crippen molar-refractivity contribution < 1.29 is 65.0 Å². The van der Waals surface area contributed by atoms with Gasteiger partial charge < -0.3 is 60.2 Å². The van der Waals surface area contributed by atoms with E-state index in [0.29, 0.717) is 0 Å². The first-order chi connectivity index (χ1) is 19.0. The molecule has 9 N–H and O–H groups in total. The number of aromatic hydroxyl groups is 2. The summed E-state index contributed by atoms with van der Waals surface area (Å²) >= 11 is 0. The van der Waals surface area contributed by atoms with E-state index in [1.165, 1.54) is 37.3 Å². The van der Waals surface area contributed by atoms with Gasteiger partial charge in [-0.1, -0.05) is 18.2 Å². The van der Waals surface area contributed by atoms with E-state index in [0.717, 1.165) is 0 Å². The normalized spacial score (nSPS) is 37.6. The van der Waals surface area contributed by atoms with E-state index < -0.39 is 85.3 Å². The Morgan fingerprint density at radius 2 is 1.48 bits per heavy atom. The number of fused-ring (bicyclic) bond motifs is 2. The van der Waals surface area contributed by atoms with Gasteiger partial charge in [-0.05, 0) is 35.7 Å². The van der Waals surface area contributed by atoms with E-state index in [9.17, 15) is 50.8 Å². The minimum absolute atomic E-state index is 0.142. The topological polar surface area (TPSA) is 227 Å². The summed E-state index contributed by atoms with van der Waals surface area (Å²) < 4.78 is 16.9. The van der Waals surface area contributed by atoms with E-state index in [2.05, 4.69) is 0 Å². The Morgan fingerprint density at radius 1 is 0.800 bits per heavy atom. The zero-order chi connectivity index (χ0) is 29.0. The van der Waals surface area contributed by atoms with Crippen LogP contribution in [-0.4, -0.2) is 120 Å². The number of aliphatic hydroxyl groups excluding tert-OH is 7. The first-order valence-electron chi connectivity index (χ1n) is 12.8. The second-order valence-corrected chi connectivity index (χ2v) is 10.4.